The molecule has 0 saturated carbocycles. The van der Waals surface area contributed by atoms with Crippen molar-refractivity contribution in [3.63, 3.8) is 0 Å². The summed E-state index contributed by atoms with van der Waals surface area (Å²) in [4.78, 5) is 1.34. The van der Waals surface area contributed by atoms with E-state index in [1.807, 2.05) is 47.6 Å². The molecule has 0 heterocycles. The summed E-state index contributed by atoms with van der Waals surface area (Å²) < 4.78 is 0. The van der Waals surface area contributed by atoms with E-state index in [9.17, 15) is 0 Å². The molecular weight excluding hydrogens is 224 g/mol. The van der Waals surface area contributed by atoms with Crippen molar-refractivity contribution < 1.29 is 0 Å². The Bertz CT molecular complexity index is 264. The van der Waals surface area contributed by atoms with Gasteiger partial charge in [-0.2, -0.15) is 0 Å². The minimum absolute atomic E-state index is 1.23. The topological polar surface area (TPSA) is 0 Å². The van der Waals surface area contributed by atoms with Gasteiger partial charge in [-0.15, -0.1) is 11.8 Å². The first-order chi connectivity index (χ1) is 8.29. The van der Waals surface area contributed by atoms with Crippen LogP contribution in [0.3, 0.4) is 0 Å². The molecule has 0 spiro atoms. The van der Waals surface area contributed by atoms with Crippen molar-refractivity contribution in [1.82, 2.24) is 0 Å². The Morgan fingerprint density at radius 2 is 1.47 bits per heavy atom. The van der Waals surface area contributed by atoms with Crippen molar-refractivity contribution in [1.29, 1.82) is 0 Å². The zero-order chi connectivity index (χ0) is 14.3. The molecule has 0 unspecified atom stereocenters. The highest BCUT2D eigenvalue weighted by molar-refractivity contribution is 7.98. The lowest BCUT2D eigenvalue weighted by Crippen LogP contribution is -1.82. The second-order valence-corrected chi connectivity index (χ2v) is 3.22. The molecule has 1 heteroatoms. The highest BCUT2D eigenvalue weighted by Crippen LogP contribution is 2.24. The predicted molar refractivity (Wildman–Crippen MR) is 87.1 cm³/mol. The van der Waals surface area contributed by atoms with E-state index in [4.69, 9.17) is 0 Å². The molecule has 0 aliphatic carbocycles. The summed E-state index contributed by atoms with van der Waals surface area (Å²) in [5.41, 5.74) is 2.56. The number of benzene rings is 1. The largest absolute Gasteiger partial charge is 0.129 e. The third-order valence-corrected chi connectivity index (χ3v) is 2.63. The van der Waals surface area contributed by atoms with Crippen LogP contribution >= 0.6 is 11.8 Å². The second-order valence-electron chi connectivity index (χ2n) is 2.40. The Labute approximate surface area is 114 Å². The fraction of sp³-hybridized carbons (Fsp3) is 0.500. The van der Waals surface area contributed by atoms with Gasteiger partial charge in [-0.05, 0) is 24.3 Å². The van der Waals surface area contributed by atoms with Gasteiger partial charge in [0.05, 0.1) is 0 Å². The van der Waals surface area contributed by atoms with Crippen LogP contribution in [-0.2, 0) is 0 Å². The van der Waals surface area contributed by atoms with E-state index in [1.165, 1.54) is 16.0 Å². The van der Waals surface area contributed by atoms with Gasteiger partial charge in [-0.1, -0.05) is 72.4 Å². The third kappa shape index (κ3) is 9.05. The molecule has 17 heavy (non-hydrogen) atoms. The van der Waals surface area contributed by atoms with Gasteiger partial charge in [0, 0.05) is 4.90 Å². The van der Waals surface area contributed by atoms with Crippen LogP contribution in [0.2, 0.25) is 0 Å². The Balaban J connectivity index is -0.000000285. The highest BCUT2D eigenvalue weighted by Gasteiger charge is 1.99. The lowest BCUT2D eigenvalue weighted by Gasteiger charge is -2.05. The number of thioether (sulfide) groups is 1. The van der Waals surface area contributed by atoms with E-state index < -0.39 is 0 Å². The highest BCUT2D eigenvalue weighted by atomic mass is 32.2. The fourth-order valence-electron chi connectivity index (χ4n) is 1.11. The van der Waals surface area contributed by atoms with Gasteiger partial charge in [0.25, 0.3) is 0 Å². The molecule has 0 aliphatic rings. The van der Waals surface area contributed by atoms with Crippen LogP contribution in [0, 0.1) is 6.92 Å². The van der Waals surface area contributed by atoms with Crippen LogP contribution in [0.15, 0.2) is 29.7 Å². The zero-order valence-electron chi connectivity index (χ0n) is 12.9. The lowest BCUT2D eigenvalue weighted by molar-refractivity contribution is 1.29. The average Bonchev–Trinajstić information content (AvgIpc) is 2.45. The Morgan fingerprint density at radius 1 is 1.00 bits per heavy atom. The molecule has 0 nitrogen and oxygen atoms in total. The van der Waals surface area contributed by atoms with Gasteiger partial charge in [0.15, 0.2) is 0 Å². The Kier molecular flexibility index (Phi) is 22.5. The number of aryl methyl sites for hydroxylation is 1. The summed E-state index contributed by atoms with van der Waals surface area (Å²) in [5.74, 6) is 0. The van der Waals surface area contributed by atoms with Crippen molar-refractivity contribution in [3.05, 3.63) is 35.9 Å². The summed E-state index contributed by atoms with van der Waals surface area (Å²) in [7, 11) is 0. The van der Waals surface area contributed by atoms with Gasteiger partial charge in [0.1, 0.15) is 0 Å². The van der Waals surface area contributed by atoms with Crippen molar-refractivity contribution in [2.75, 3.05) is 6.26 Å². The van der Waals surface area contributed by atoms with E-state index in [2.05, 4.69) is 38.0 Å². The van der Waals surface area contributed by atoms with Gasteiger partial charge in [0.2, 0.25) is 0 Å². The maximum atomic E-state index is 3.77. The first-order valence-electron chi connectivity index (χ1n) is 6.55. The van der Waals surface area contributed by atoms with Crippen LogP contribution in [0.5, 0.6) is 0 Å². The Morgan fingerprint density at radius 3 is 1.76 bits per heavy atom. The van der Waals surface area contributed by atoms with E-state index in [1.54, 1.807) is 11.8 Å². The van der Waals surface area contributed by atoms with Crippen molar-refractivity contribution in [2.45, 2.75) is 53.4 Å². The normalized spacial score (nSPS) is 7.29. The molecule has 0 bridgehead atoms. The molecule has 0 N–H and O–H groups in total. The summed E-state index contributed by atoms with van der Waals surface area (Å²) in [6.45, 7) is 17.9. The molecule has 0 aliphatic heterocycles. The minimum Gasteiger partial charge on any atom is -0.129 e. The first kappa shape index (κ1) is 21.6. The third-order valence-electron chi connectivity index (χ3n) is 1.67. The van der Waals surface area contributed by atoms with Crippen LogP contribution in [0.4, 0.5) is 0 Å². The van der Waals surface area contributed by atoms with E-state index in [-0.39, 0.29) is 0 Å². The van der Waals surface area contributed by atoms with Crippen LogP contribution in [-0.4, -0.2) is 6.26 Å². The average molecular weight is 254 g/mol. The van der Waals surface area contributed by atoms with Crippen molar-refractivity contribution in [3.8, 4) is 0 Å². The van der Waals surface area contributed by atoms with E-state index in [0.717, 1.165) is 0 Å². The van der Waals surface area contributed by atoms with Gasteiger partial charge < -0.3 is 0 Å². The standard InChI is InChI=1S/C10H12S.3C2H6/c1-4-9-7-5-6-8(2)10(9)11-3;3*1-2/h4-7H,1H2,2-3H3;3*1-2H3. The number of rotatable bonds is 2. The molecule has 0 aromatic heterocycles. The molecule has 1 rings (SSSR count). The van der Waals surface area contributed by atoms with Gasteiger partial charge >= 0.3 is 0 Å². The van der Waals surface area contributed by atoms with E-state index >= 15 is 0 Å². The molecule has 100 valence electrons. The monoisotopic (exact) mass is 254 g/mol. The SMILES string of the molecule is C=Cc1cccc(C)c1SC.CC.CC.CC. The zero-order valence-corrected chi connectivity index (χ0v) is 13.7. The van der Waals surface area contributed by atoms with Crippen LogP contribution < -0.4 is 0 Å². The van der Waals surface area contributed by atoms with Crippen molar-refractivity contribution >= 4 is 17.8 Å². The molecule has 1 aromatic carbocycles. The maximum Gasteiger partial charge on any atom is 0.0171 e. The number of hydrogen-bond donors (Lipinski definition) is 0. The second kappa shape index (κ2) is 17.7. The molecule has 0 amide bonds. The molecule has 0 radical (unpaired) electrons. The molecule has 1 aromatic rings. The molecule has 0 atom stereocenters. The van der Waals surface area contributed by atoms with Crippen LogP contribution in [0.1, 0.15) is 52.7 Å². The summed E-state index contributed by atoms with van der Waals surface area (Å²) in [5, 5.41) is 0. The summed E-state index contributed by atoms with van der Waals surface area (Å²) in [6.07, 6.45) is 3.99. The molecule has 0 fully saturated rings. The van der Waals surface area contributed by atoms with Crippen LogP contribution in [0.25, 0.3) is 6.08 Å². The summed E-state index contributed by atoms with van der Waals surface area (Å²) >= 11 is 1.78. The van der Waals surface area contributed by atoms with E-state index in [0.29, 0.717) is 0 Å². The lowest BCUT2D eigenvalue weighted by atomic mass is 10.1. The summed E-state index contributed by atoms with van der Waals surface area (Å²) in [6, 6.07) is 6.27. The first-order valence-corrected chi connectivity index (χ1v) is 7.78. The minimum atomic E-state index is 1.23. The molecule has 0 saturated heterocycles. The predicted octanol–water partition coefficient (Wildman–Crippen LogP) is 6.44. The fourth-order valence-corrected chi connectivity index (χ4v) is 1.89. The van der Waals surface area contributed by atoms with Gasteiger partial charge in [-0.25, -0.2) is 0 Å². The maximum absolute atomic E-state index is 3.77. The smallest absolute Gasteiger partial charge is 0.0171 e. The Hall–Kier alpha value is -0.690. The quantitative estimate of drug-likeness (QED) is 0.547. The molecular formula is C16H30S. The number of hydrogen-bond acceptors (Lipinski definition) is 1. The van der Waals surface area contributed by atoms with Crippen molar-refractivity contribution in [2.24, 2.45) is 0 Å². The van der Waals surface area contributed by atoms with Gasteiger partial charge in [-0.3, -0.25) is 0 Å².